The van der Waals surface area contributed by atoms with Gasteiger partial charge in [-0.25, -0.2) is 0 Å². The number of hydrogen-bond acceptors (Lipinski definition) is 2. The summed E-state index contributed by atoms with van der Waals surface area (Å²) in [5, 5.41) is 13.4. The molecule has 0 amide bonds. The Bertz CT molecular complexity index is 195. The summed E-state index contributed by atoms with van der Waals surface area (Å²) in [4.78, 5) is 0. The van der Waals surface area contributed by atoms with Crippen molar-refractivity contribution < 1.29 is 5.11 Å². The van der Waals surface area contributed by atoms with Crippen LogP contribution in [0, 0.1) is 5.92 Å². The van der Waals surface area contributed by atoms with Gasteiger partial charge in [-0.05, 0) is 46.0 Å². The molecule has 0 saturated heterocycles. The van der Waals surface area contributed by atoms with Crippen LogP contribution in [0.3, 0.4) is 0 Å². The first-order valence-electron chi connectivity index (χ1n) is 6.93. The quantitative estimate of drug-likeness (QED) is 0.756. The summed E-state index contributed by atoms with van der Waals surface area (Å²) in [6, 6.07) is 0.574. The second-order valence-corrected chi connectivity index (χ2v) is 5.95. The Morgan fingerprint density at radius 3 is 2.25 bits per heavy atom. The van der Waals surface area contributed by atoms with Gasteiger partial charge in [0.2, 0.25) is 0 Å². The van der Waals surface area contributed by atoms with Gasteiger partial charge in [0.15, 0.2) is 0 Å². The van der Waals surface area contributed by atoms with E-state index in [1.54, 1.807) is 0 Å². The molecule has 1 saturated carbocycles. The van der Waals surface area contributed by atoms with Crippen LogP contribution in [0.25, 0.3) is 0 Å². The minimum Gasteiger partial charge on any atom is -0.392 e. The van der Waals surface area contributed by atoms with E-state index in [0.717, 1.165) is 5.92 Å². The summed E-state index contributed by atoms with van der Waals surface area (Å²) < 4.78 is 0. The second-order valence-electron chi connectivity index (χ2n) is 5.95. The van der Waals surface area contributed by atoms with E-state index in [9.17, 15) is 5.11 Å². The molecule has 96 valence electrons. The Labute approximate surface area is 101 Å². The van der Waals surface area contributed by atoms with E-state index in [1.165, 1.54) is 38.5 Å². The lowest BCUT2D eigenvalue weighted by molar-refractivity contribution is 0.0756. The van der Waals surface area contributed by atoms with Gasteiger partial charge in [0, 0.05) is 11.6 Å². The first-order chi connectivity index (χ1) is 7.47. The van der Waals surface area contributed by atoms with Crippen LogP contribution in [0.2, 0.25) is 0 Å². The predicted octanol–water partition coefficient (Wildman–Crippen LogP) is 3.09. The number of aliphatic hydroxyl groups is 1. The van der Waals surface area contributed by atoms with Gasteiger partial charge in [0.1, 0.15) is 0 Å². The molecular weight excluding hydrogens is 198 g/mol. The summed E-state index contributed by atoms with van der Waals surface area (Å²) in [7, 11) is 0. The van der Waals surface area contributed by atoms with Gasteiger partial charge >= 0.3 is 0 Å². The van der Waals surface area contributed by atoms with Gasteiger partial charge in [-0.2, -0.15) is 0 Å². The number of hydrogen-bond donors (Lipinski definition) is 2. The molecule has 0 heterocycles. The van der Waals surface area contributed by atoms with Gasteiger partial charge in [-0.15, -0.1) is 0 Å². The van der Waals surface area contributed by atoms with E-state index in [2.05, 4.69) is 26.1 Å². The first kappa shape index (κ1) is 14.0. The lowest BCUT2D eigenvalue weighted by atomic mass is 9.81. The van der Waals surface area contributed by atoms with E-state index < -0.39 is 0 Å². The molecule has 1 rings (SSSR count). The molecular formula is C14H29NO. The molecule has 2 atom stereocenters. The molecule has 2 nitrogen and oxygen atoms in total. The zero-order valence-corrected chi connectivity index (χ0v) is 11.4. The zero-order chi connectivity index (χ0) is 12.2. The summed E-state index contributed by atoms with van der Waals surface area (Å²) in [5.41, 5.74) is -0.169. The van der Waals surface area contributed by atoms with Crippen LogP contribution in [0.15, 0.2) is 0 Å². The molecule has 0 bridgehead atoms. The van der Waals surface area contributed by atoms with E-state index in [-0.39, 0.29) is 11.6 Å². The van der Waals surface area contributed by atoms with Gasteiger partial charge in [-0.3, -0.25) is 0 Å². The third kappa shape index (κ3) is 3.74. The fraction of sp³-hybridized carbons (Fsp3) is 1.00. The molecule has 1 fully saturated rings. The fourth-order valence-corrected chi connectivity index (χ4v) is 2.69. The Kier molecular flexibility index (Phi) is 5.26. The molecule has 0 aromatic rings. The van der Waals surface area contributed by atoms with Crippen molar-refractivity contribution in [2.24, 2.45) is 5.92 Å². The highest BCUT2D eigenvalue weighted by atomic mass is 16.3. The standard InChI is InChI=1S/C14H29NO/c1-5-13(12-9-7-6-8-10-12)15-14(3,4)11(2)16/h11-13,15-16H,5-10H2,1-4H3. The van der Waals surface area contributed by atoms with Crippen molar-refractivity contribution in [2.75, 3.05) is 0 Å². The van der Waals surface area contributed by atoms with Crippen molar-refractivity contribution in [3.8, 4) is 0 Å². The van der Waals surface area contributed by atoms with Crippen LogP contribution in [-0.2, 0) is 0 Å². The molecule has 2 heteroatoms. The predicted molar refractivity (Wildman–Crippen MR) is 69.5 cm³/mol. The molecule has 1 aliphatic rings. The van der Waals surface area contributed by atoms with E-state index in [1.807, 2.05) is 6.92 Å². The zero-order valence-electron chi connectivity index (χ0n) is 11.4. The Morgan fingerprint density at radius 1 is 1.25 bits per heavy atom. The SMILES string of the molecule is CCC(NC(C)(C)C(C)O)C1CCCCC1. The van der Waals surface area contributed by atoms with Crippen molar-refractivity contribution in [3.63, 3.8) is 0 Å². The fourth-order valence-electron chi connectivity index (χ4n) is 2.69. The van der Waals surface area contributed by atoms with Crippen molar-refractivity contribution in [1.82, 2.24) is 5.32 Å². The normalized spacial score (nSPS) is 23.1. The minimum absolute atomic E-state index is 0.169. The highest BCUT2D eigenvalue weighted by Gasteiger charge is 2.30. The van der Waals surface area contributed by atoms with E-state index >= 15 is 0 Å². The highest BCUT2D eigenvalue weighted by molar-refractivity contribution is 4.89. The van der Waals surface area contributed by atoms with Crippen LogP contribution in [-0.4, -0.2) is 22.8 Å². The smallest absolute Gasteiger partial charge is 0.0688 e. The number of nitrogens with one attached hydrogen (secondary N) is 1. The van der Waals surface area contributed by atoms with Crippen molar-refractivity contribution in [2.45, 2.75) is 83.9 Å². The summed E-state index contributed by atoms with van der Waals surface area (Å²) in [6.07, 6.45) is 7.77. The monoisotopic (exact) mass is 227 g/mol. The number of rotatable bonds is 5. The average Bonchev–Trinajstić information content (AvgIpc) is 2.27. The molecule has 0 aromatic heterocycles. The molecule has 16 heavy (non-hydrogen) atoms. The van der Waals surface area contributed by atoms with Crippen molar-refractivity contribution >= 4 is 0 Å². The summed E-state index contributed by atoms with van der Waals surface area (Å²) in [6.45, 7) is 8.33. The lowest BCUT2D eigenvalue weighted by Gasteiger charge is -2.39. The molecule has 0 aliphatic heterocycles. The van der Waals surface area contributed by atoms with Crippen LogP contribution in [0.4, 0.5) is 0 Å². The average molecular weight is 227 g/mol. The van der Waals surface area contributed by atoms with Crippen LogP contribution >= 0.6 is 0 Å². The third-order valence-electron chi connectivity index (χ3n) is 4.26. The highest BCUT2D eigenvalue weighted by Crippen LogP contribution is 2.29. The molecule has 2 unspecified atom stereocenters. The van der Waals surface area contributed by atoms with Crippen molar-refractivity contribution in [1.29, 1.82) is 0 Å². The van der Waals surface area contributed by atoms with E-state index in [4.69, 9.17) is 0 Å². The maximum absolute atomic E-state index is 9.76. The molecule has 0 spiro atoms. The van der Waals surface area contributed by atoms with Crippen LogP contribution < -0.4 is 5.32 Å². The third-order valence-corrected chi connectivity index (χ3v) is 4.26. The van der Waals surface area contributed by atoms with Gasteiger partial charge in [-0.1, -0.05) is 26.2 Å². The Hall–Kier alpha value is -0.0800. The molecule has 0 radical (unpaired) electrons. The topological polar surface area (TPSA) is 32.3 Å². The van der Waals surface area contributed by atoms with Gasteiger partial charge in [0.05, 0.1) is 6.10 Å². The largest absolute Gasteiger partial charge is 0.392 e. The Balaban J connectivity index is 2.53. The molecule has 2 N–H and O–H groups in total. The second kappa shape index (κ2) is 6.02. The van der Waals surface area contributed by atoms with E-state index in [0.29, 0.717) is 6.04 Å². The minimum atomic E-state index is -0.301. The lowest BCUT2D eigenvalue weighted by Crippen LogP contribution is -2.54. The maximum atomic E-state index is 9.76. The molecule has 1 aliphatic carbocycles. The first-order valence-corrected chi connectivity index (χ1v) is 6.93. The summed E-state index contributed by atoms with van der Waals surface area (Å²) >= 11 is 0. The van der Waals surface area contributed by atoms with Gasteiger partial charge < -0.3 is 10.4 Å². The van der Waals surface area contributed by atoms with Crippen LogP contribution in [0.5, 0.6) is 0 Å². The molecule has 0 aromatic carbocycles. The maximum Gasteiger partial charge on any atom is 0.0688 e. The number of aliphatic hydroxyl groups excluding tert-OH is 1. The van der Waals surface area contributed by atoms with Crippen LogP contribution in [0.1, 0.15) is 66.2 Å². The summed E-state index contributed by atoms with van der Waals surface area (Å²) in [5.74, 6) is 0.816. The van der Waals surface area contributed by atoms with Crippen molar-refractivity contribution in [3.05, 3.63) is 0 Å². The van der Waals surface area contributed by atoms with Gasteiger partial charge in [0.25, 0.3) is 0 Å². The Morgan fingerprint density at radius 2 is 1.81 bits per heavy atom.